The fourth-order valence-corrected chi connectivity index (χ4v) is 5.02. The maximum absolute atomic E-state index is 13.5. The van der Waals surface area contributed by atoms with Gasteiger partial charge < -0.3 is 19.8 Å². The molecule has 1 aromatic rings. The first-order chi connectivity index (χ1) is 15.5. The van der Waals surface area contributed by atoms with Gasteiger partial charge in [0.2, 0.25) is 11.8 Å². The normalized spacial score (nSPS) is 24.8. The molecule has 1 aromatic carbocycles. The van der Waals surface area contributed by atoms with E-state index < -0.39 is 5.41 Å². The number of piperidine rings is 1. The molecule has 0 radical (unpaired) electrons. The minimum Gasteiger partial charge on any atom is -0.392 e. The highest BCUT2D eigenvalue weighted by Crippen LogP contribution is 2.39. The zero-order chi connectivity index (χ0) is 22.6. The molecule has 3 aliphatic heterocycles. The van der Waals surface area contributed by atoms with Gasteiger partial charge in [-0.25, -0.2) is 0 Å². The van der Waals surface area contributed by atoms with Crippen LogP contribution in [0.4, 0.5) is 0 Å². The monoisotopic (exact) mass is 441 g/mol. The van der Waals surface area contributed by atoms with Crippen LogP contribution in [-0.4, -0.2) is 60.9 Å². The van der Waals surface area contributed by atoms with Crippen LogP contribution in [0.15, 0.2) is 35.5 Å². The number of carbonyl (C=O) groups excluding carboxylic acids is 2. The molecule has 4 rings (SSSR count). The first-order valence-corrected chi connectivity index (χ1v) is 11.9. The van der Waals surface area contributed by atoms with Crippen molar-refractivity contribution < 1.29 is 19.2 Å². The third-order valence-corrected chi connectivity index (χ3v) is 6.98. The van der Waals surface area contributed by atoms with Crippen molar-refractivity contribution in [3.05, 3.63) is 35.9 Å². The molecule has 2 amide bonds. The van der Waals surface area contributed by atoms with Crippen LogP contribution in [-0.2, 0) is 19.2 Å². The van der Waals surface area contributed by atoms with Crippen molar-refractivity contribution in [2.75, 3.05) is 26.2 Å². The molecule has 0 aromatic heterocycles. The van der Waals surface area contributed by atoms with Gasteiger partial charge in [-0.2, -0.15) is 0 Å². The highest BCUT2D eigenvalue weighted by atomic mass is 16.6. The highest BCUT2D eigenvalue weighted by Gasteiger charge is 2.45. The Balaban J connectivity index is 1.42. The van der Waals surface area contributed by atoms with Crippen LogP contribution in [0, 0.1) is 11.3 Å². The van der Waals surface area contributed by atoms with Crippen LogP contribution in [0.3, 0.4) is 0 Å². The van der Waals surface area contributed by atoms with Crippen LogP contribution >= 0.6 is 0 Å². The third kappa shape index (κ3) is 5.14. The first kappa shape index (κ1) is 22.8. The Morgan fingerprint density at radius 3 is 2.59 bits per heavy atom. The van der Waals surface area contributed by atoms with E-state index in [9.17, 15) is 9.59 Å². The first-order valence-electron chi connectivity index (χ1n) is 11.9. The number of benzene rings is 1. The zero-order valence-electron chi connectivity index (χ0n) is 19.2. The molecular weight excluding hydrogens is 406 g/mol. The molecule has 0 saturated carbocycles. The number of ether oxygens (including phenoxy) is 1. The topological polar surface area (TPSA) is 80.2 Å². The maximum atomic E-state index is 13.5. The number of nitrogens with zero attached hydrogens (tertiary/aromatic N) is 2. The fraction of sp³-hybridized carbons (Fsp3) is 0.640. The van der Waals surface area contributed by atoms with Gasteiger partial charge in [0.1, 0.15) is 6.10 Å². The van der Waals surface area contributed by atoms with Gasteiger partial charge in [0.15, 0.2) is 0 Å². The van der Waals surface area contributed by atoms with Gasteiger partial charge in [-0.3, -0.25) is 9.59 Å². The number of nitrogens with one attached hydrogen (secondary N) is 1. The maximum Gasteiger partial charge on any atom is 0.226 e. The smallest absolute Gasteiger partial charge is 0.226 e. The summed E-state index contributed by atoms with van der Waals surface area (Å²) in [5.74, 6) is 0.183. The molecule has 2 fully saturated rings. The second-order valence-electron chi connectivity index (χ2n) is 9.65. The van der Waals surface area contributed by atoms with Crippen LogP contribution in [0.1, 0.15) is 57.9 Å². The summed E-state index contributed by atoms with van der Waals surface area (Å²) in [6.45, 7) is 6.37. The van der Waals surface area contributed by atoms with Crippen molar-refractivity contribution in [3.8, 4) is 0 Å². The summed E-state index contributed by atoms with van der Waals surface area (Å²) in [6, 6.07) is 10.0. The van der Waals surface area contributed by atoms with Gasteiger partial charge in [0.05, 0.1) is 17.2 Å². The molecule has 32 heavy (non-hydrogen) atoms. The van der Waals surface area contributed by atoms with Crippen molar-refractivity contribution in [1.82, 2.24) is 10.2 Å². The van der Waals surface area contributed by atoms with Crippen molar-refractivity contribution >= 4 is 17.5 Å². The van der Waals surface area contributed by atoms with E-state index in [0.717, 1.165) is 30.7 Å². The van der Waals surface area contributed by atoms with E-state index in [1.807, 2.05) is 49.1 Å². The predicted octanol–water partition coefficient (Wildman–Crippen LogP) is 3.13. The lowest BCUT2D eigenvalue weighted by molar-refractivity contribution is -0.144. The quantitative estimate of drug-likeness (QED) is 0.705. The zero-order valence-corrected chi connectivity index (χ0v) is 19.2. The summed E-state index contributed by atoms with van der Waals surface area (Å²) in [6.07, 6.45) is 4.60. The van der Waals surface area contributed by atoms with E-state index in [2.05, 4.69) is 10.5 Å². The summed E-state index contributed by atoms with van der Waals surface area (Å²) in [7, 11) is 0. The van der Waals surface area contributed by atoms with E-state index in [4.69, 9.17) is 9.57 Å². The molecule has 2 saturated heterocycles. The molecular formula is C25H35N3O4. The Hall–Kier alpha value is -2.41. The Morgan fingerprint density at radius 2 is 1.94 bits per heavy atom. The number of hydrogen-bond donors (Lipinski definition) is 1. The summed E-state index contributed by atoms with van der Waals surface area (Å²) < 4.78 is 5.68. The number of rotatable bonds is 7. The lowest BCUT2D eigenvalue weighted by Gasteiger charge is -2.42. The van der Waals surface area contributed by atoms with Gasteiger partial charge in [0.25, 0.3) is 0 Å². The van der Waals surface area contributed by atoms with Gasteiger partial charge in [-0.05, 0) is 31.2 Å². The molecule has 0 unspecified atom stereocenters. The Morgan fingerprint density at radius 1 is 1.19 bits per heavy atom. The third-order valence-electron chi connectivity index (χ3n) is 6.98. The summed E-state index contributed by atoms with van der Waals surface area (Å²) in [5, 5.41) is 7.48. The molecule has 174 valence electrons. The summed E-state index contributed by atoms with van der Waals surface area (Å²) in [5.41, 5.74) is 1.43. The van der Waals surface area contributed by atoms with E-state index in [1.54, 1.807) is 0 Å². The lowest BCUT2D eigenvalue weighted by atomic mass is 9.72. The summed E-state index contributed by atoms with van der Waals surface area (Å²) in [4.78, 5) is 33.6. The van der Waals surface area contributed by atoms with Crippen LogP contribution in [0.25, 0.3) is 0 Å². The largest absolute Gasteiger partial charge is 0.392 e. The van der Waals surface area contributed by atoms with E-state index in [1.165, 1.54) is 0 Å². The molecule has 0 bridgehead atoms. The van der Waals surface area contributed by atoms with Gasteiger partial charge in [-0.1, -0.05) is 49.3 Å². The number of likely N-dealkylation sites (tertiary alicyclic amines) is 1. The second-order valence-corrected chi connectivity index (χ2v) is 9.65. The minimum absolute atomic E-state index is 0.0316. The van der Waals surface area contributed by atoms with Crippen LogP contribution < -0.4 is 5.32 Å². The number of oxime groups is 1. The minimum atomic E-state index is -0.557. The van der Waals surface area contributed by atoms with Crippen molar-refractivity contribution in [1.29, 1.82) is 0 Å². The molecule has 0 spiro atoms. The Kier molecular flexibility index (Phi) is 7.13. The van der Waals surface area contributed by atoms with Crippen molar-refractivity contribution in [2.45, 2.75) is 64.6 Å². The number of amides is 2. The number of hydrogen-bond acceptors (Lipinski definition) is 5. The average molecular weight is 442 g/mol. The lowest BCUT2D eigenvalue weighted by Crippen LogP contribution is -2.52. The molecule has 7 heteroatoms. The predicted molar refractivity (Wildman–Crippen MR) is 122 cm³/mol. The van der Waals surface area contributed by atoms with E-state index in [-0.39, 0.29) is 29.9 Å². The van der Waals surface area contributed by atoms with Crippen LogP contribution in [0.5, 0.6) is 0 Å². The van der Waals surface area contributed by atoms with Gasteiger partial charge in [-0.15, -0.1) is 0 Å². The van der Waals surface area contributed by atoms with Crippen LogP contribution in [0.2, 0.25) is 0 Å². The number of carbonyl (C=O) groups is 2. The molecule has 7 nitrogen and oxygen atoms in total. The molecule has 0 aliphatic carbocycles. The molecule has 3 aliphatic rings. The molecule has 2 atom stereocenters. The van der Waals surface area contributed by atoms with E-state index >= 15 is 0 Å². The summed E-state index contributed by atoms with van der Waals surface area (Å²) >= 11 is 0. The van der Waals surface area contributed by atoms with Crippen molar-refractivity contribution in [3.63, 3.8) is 0 Å². The van der Waals surface area contributed by atoms with Gasteiger partial charge in [0, 0.05) is 45.0 Å². The Bertz CT molecular complexity index is 825. The standard InChI is InChI=1S/C25H35N3O4/c1-18(2)23(29)28-12-10-25(11-13-28,24(30)26-17-20-9-6-14-31-20)16-21-15-22(27-32-21)19-7-4-3-5-8-19/h3-5,7-8,18,20-21H,6,9-17H2,1-2H3,(H,26,30)/t20-,21+/m1/s1. The SMILES string of the molecule is CC(C)C(=O)N1CCC(C[C@@H]2CC(c3ccccc3)=NO2)(C(=O)NC[C@H]2CCCO2)CC1. The van der Waals surface area contributed by atoms with Gasteiger partial charge >= 0.3 is 0 Å². The second kappa shape index (κ2) is 10.0. The fourth-order valence-electron chi connectivity index (χ4n) is 5.02. The average Bonchev–Trinajstić information content (AvgIpc) is 3.50. The molecule has 1 N–H and O–H groups in total. The van der Waals surface area contributed by atoms with E-state index in [0.29, 0.717) is 45.3 Å². The van der Waals surface area contributed by atoms with Crippen molar-refractivity contribution in [2.24, 2.45) is 16.5 Å². The Labute approximate surface area is 190 Å². The highest BCUT2D eigenvalue weighted by molar-refractivity contribution is 6.01. The molecule has 3 heterocycles.